The molecular weight excluding hydrogens is 226 g/mol. The van der Waals surface area contributed by atoms with Crippen molar-refractivity contribution in [1.82, 2.24) is 14.1 Å². The SMILES string of the molecule is CCCCN(C)S(=O)(=O)c1cn(C)nc1C. The lowest BCUT2D eigenvalue weighted by Crippen LogP contribution is -2.28. The molecule has 0 aliphatic rings. The van der Waals surface area contributed by atoms with Crippen LogP contribution >= 0.6 is 0 Å². The van der Waals surface area contributed by atoms with Gasteiger partial charge in [-0.3, -0.25) is 4.68 Å². The zero-order valence-corrected chi connectivity index (χ0v) is 11.1. The van der Waals surface area contributed by atoms with Crippen molar-refractivity contribution < 1.29 is 8.42 Å². The molecule has 1 heterocycles. The fraction of sp³-hybridized carbons (Fsp3) is 0.700. The summed E-state index contributed by atoms with van der Waals surface area (Å²) in [4.78, 5) is 0.300. The standard InChI is InChI=1S/C10H19N3O2S/c1-5-6-7-13(4)16(14,15)10-8-12(3)11-9(10)2/h8H,5-7H2,1-4H3. The molecule has 0 amide bonds. The van der Waals surface area contributed by atoms with Gasteiger partial charge in [0.1, 0.15) is 4.90 Å². The second-order valence-corrected chi connectivity index (χ2v) is 5.95. The molecule has 0 bridgehead atoms. The van der Waals surface area contributed by atoms with Crippen LogP contribution in [-0.4, -0.2) is 36.1 Å². The zero-order chi connectivity index (χ0) is 12.3. The van der Waals surface area contributed by atoms with Crippen molar-refractivity contribution >= 4 is 10.0 Å². The zero-order valence-electron chi connectivity index (χ0n) is 10.3. The van der Waals surface area contributed by atoms with Gasteiger partial charge in [0.25, 0.3) is 0 Å². The molecule has 16 heavy (non-hydrogen) atoms. The molecule has 5 nitrogen and oxygen atoms in total. The van der Waals surface area contributed by atoms with Gasteiger partial charge in [-0.1, -0.05) is 13.3 Å². The smallest absolute Gasteiger partial charge is 0.246 e. The van der Waals surface area contributed by atoms with Gasteiger partial charge < -0.3 is 0 Å². The topological polar surface area (TPSA) is 55.2 Å². The van der Waals surface area contributed by atoms with Crippen LogP contribution in [-0.2, 0) is 17.1 Å². The van der Waals surface area contributed by atoms with Crippen molar-refractivity contribution in [2.45, 2.75) is 31.6 Å². The maximum Gasteiger partial charge on any atom is 0.246 e. The molecule has 0 atom stereocenters. The summed E-state index contributed by atoms with van der Waals surface area (Å²) in [6, 6.07) is 0. The molecule has 0 saturated heterocycles. The lowest BCUT2D eigenvalue weighted by atomic mass is 10.3. The van der Waals surface area contributed by atoms with Crippen molar-refractivity contribution in [3.63, 3.8) is 0 Å². The van der Waals surface area contributed by atoms with Crippen LogP contribution < -0.4 is 0 Å². The van der Waals surface area contributed by atoms with Crippen LogP contribution in [0, 0.1) is 6.92 Å². The lowest BCUT2D eigenvalue weighted by molar-refractivity contribution is 0.459. The fourth-order valence-corrected chi connectivity index (χ4v) is 2.91. The average Bonchev–Trinajstić information content (AvgIpc) is 2.54. The molecule has 0 N–H and O–H groups in total. The van der Waals surface area contributed by atoms with E-state index in [0.29, 0.717) is 17.1 Å². The summed E-state index contributed by atoms with van der Waals surface area (Å²) < 4.78 is 27.2. The minimum Gasteiger partial charge on any atom is -0.274 e. The molecule has 6 heteroatoms. The van der Waals surface area contributed by atoms with E-state index in [1.165, 1.54) is 8.99 Å². The summed E-state index contributed by atoms with van der Waals surface area (Å²) in [7, 11) is -0.0422. The Morgan fingerprint density at radius 2 is 2.12 bits per heavy atom. The van der Waals surface area contributed by atoms with E-state index in [1.54, 1.807) is 27.2 Å². The predicted octanol–water partition coefficient (Wildman–Crippen LogP) is 1.15. The van der Waals surface area contributed by atoms with Gasteiger partial charge in [0.05, 0.1) is 5.69 Å². The van der Waals surface area contributed by atoms with Crippen molar-refractivity contribution in [3.8, 4) is 0 Å². The molecule has 0 radical (unpaired) electrons. The van der Waals surface area contributed by atoms with Crippen molar-refractivity contribution in [3.05, 3.63) is 11.9 Å². The van der Waals surface area contributed by atoms with Gasteiger partial charge in [-0.15, -0.1) is 0 Å². The van der Waals surface area contributed by atoms with Crippen molar-refractivity contribution in [2.24, 2.45) is 7.05 Å². The first kappa shape index (κ1) is 13.2. The Morgan fingerprint density at radius 1 is 1.50 bits per heavy atom. The molecule has 0 fully saturated rings. The van der Waals surface area contributed by atoms with Gasteiger partial charge >= 0.3 is 0 Å². The van der Waals surface area contributed by atoms with Crippen LogP contribution in [0.5, 0.6) is 0 Å². The summed E-state index contributed by atoms with van der Waals surface area (Å²) in [6.07, 6.45) is 3.40. The quantitative estimate of drug-likeness (QED) is 0.782. The summed E-state index contributed by atoms with van der Waals surface area (Å²) in [5.41, 5.74) is 0.547. The largest absolute Gasteiger partial charge is 0.274 e. The molecule has 1 aromatic rings. The van der Waals surface area contributed by atoms with Gasteiger partial charge in [-0.2, -0.15) is 5.10 Å². The molecule has 0 unspecified atom stereocenters. The summed E-state index contributed by atoms with van der Waals surface area (Å²) in [5, 5.41) is 4.05. The number of hydrogen-bond acceptors (Lipinski definition) is 3. The van der Waals surface area contributed by atoms with Crippen LogP contribution in [0.15, 0.2) is 11.1 Å². The maximum atomic E-state index is 12.1. The fourth-order valence-electron chi connectivity index (χ4n) is 1.50. The molecule has 1 rings (SSSR count). The summed E-state index contributed by atoms with van der Waals surface area (Å²) >= 11 is 0. The minimum absolute atomic E-state index is 0.300. The summed E-state index contributed by atoms with van der Waals surface area (Å²) in [6.45, 7) is 4.30. The number of sulfonamides is 1. The van der Waals surface area contributed by atoms with Crippen LogP contribution in [0.1, 0.15) is 25.5 Å². The van der Waals surface area contributed by atoms with E-state index in [1.807, 2.05) is 6.92 Å². The van der Waals surface area contributed by atoms with E-state index in [2.05, 4.69) is 5.10 Å². The Kier molecular flexibility index (Phi) is 4.09. The van der Waals surface area contributed by atoms with Crippen LogP contribution in [0.4, 0.5) is 0 Å². The van der Waals surface area contributed by atoms with E-state index in [-0.39, 0.29) is 0 Å². The highest BCUT2D eigenvalue weighted by Crippen LogP contribution is 2.17. The third-order valence-corrected chi connectivity index (χ3v) is 4.44. The van der Waals surface area contributed by atoms with Gasteiger partial charge in [0, 0.05) is 26.8 Å². The highest BCUT2D eigenvalue weighted by Gasteiger charge is 2.24. The van der Waals surface area contributed by atoms with Crippen LogP contribution in [0.2, 0.25) is 0 Å². The number of aryl methyl sites for hydroxylation is 2. The van der Waals surface area contributed by atoms with E-state index in [4.69, 9.17) is 0 Å². The number of nitrogens with zero attached hydrogens (tertiary/aromatic N) is 3. The van der Waals surface area contributed by atoms with E-state index in [9.17, 15) is 8.42 Å². The normalized spacial score (nSPS) is 12.3. The number of unbranched alkanes of at least 4 members (excludes halogenated alkanes) is 1. The minimum atomic E-state index is -3.37. The number of aromatic nitrogens is 2. The molecule has 0 aliphatic carbocycles. The van der Waals surface area contributed by atoms with Gasteiger partial charge in [0.15, 0.2) is 0 Å². The molecule has 0 spiro atoms. The van der Waals surface area contributed by atoms with Gasteiger partial charge in [-0.05, 0) is 13.3 Å². The Bertz CT molecular complexity index is 451. The van der Waals surface area contributed by atoms with Gasteiger partial charge in [-0.25, -0.2) is 12.7 Å². The second kappa shape index (κ2) is 4.97. The van der Waals surface area contributed by atoms with Crippen molar-refractivity contribution in [1.29, 1.82) is 0 Å². The highest BCUT2D eigenvalue weighted by molar-refractivity contribution is 7.89. The van der Waals surface area contributed by atoms with Crippen LogP contribution in [0.25, 0.3) is 0 Å². The Balaban J connectivity index is 2.97. The third kappa shape index (κ3) is 2.62. The molecular formula is C10H19N3O2S. The molecule has 0 aliphatic heterocycles. The Labute approximate surface area is 97.1 Å². The first-order chi connectivity index (χ1) is 7.39. The Morgan fingerprint density at radius 3 is 2.56 bits per heavy atom. The average molecular weight is 245 g/mol. The third-order valence-electron chi connectivity index (χ3n) is 2.48. The number of rotatable bonds is 5. The predicted molar refractivity (Wildman–Crippen MR) is 62.7 cm³/mol. The maximum absolute atomic E-state index is 12.1. The highest BCUT2D eigenvalue weighted by atomic mass is 32.2. The lowest BCUT2D eigenvalue weighted by Gasteiger charge is -2.15. The second-order valence-electron chi connectivity index (χ2n) is 3.93. The molecule has 0 saturated carbocycles. The Hall–Kier alpha value is -0.880. The number of hydrogen-bond donors (Lipinski definition) is 0. The first-order valence-corrected chi connectivity index (χ1v) is 6.80. The monoisotopic (exact) mass is 245 g/mol. The molecule has 92 valence electrons. The van der Waals surface area contributed by atoms with Crippen LogP contribution in [0.3, 0.4) is 0 Å². The van der Waals surface area contributed by atoms with E-state index < -0.39 is 10.0 Å². The van der Waals surface area contributed by atoms with Gasteiger partial charge in [0.2, 0.25) is 10.0 Å². The molecule has 1 aromatic heterocycles. The van der Waals surface area contributed by atoms with Crippen molar-refractivity contribution in [2.75, 3.05) is 13.6 Å². The first-order valence-electron chi connectivity index (χ1n) is 5.36. The summed E-state index contributed by atoms with van der Waals surface area (Å²) in [5.74, 6) is 0. The van der Waals surface area contributed by atoms with E-state index in [0.717, 1.165) is 12.8 Å². The molecule has 0 aromatic carbocycles. The van der Waals surface area contributed by atoms with E-state index >= 15 is 0 Å².